The highest BCUT2D eigenvalue weighted by Gasteiger charge is 2.29. The predicted molar refractivity (Wildman–Crippen MR) is 135 cm³/mol. The molecular weight excluding hydrogens is 545 g/mol. The number of hydrogen-bond acceptors (Lipinski definition) is 6. The lowest BCUT2D eigenvalue weighted by Gasteiger charge is -2.35. The van der Waals surface area contributed by atoms with Crippen LogP contribution in [0.25, 0.3) is 0 Å². The minimum atomic E-state index is -3.42. The third-order valence-corrected chi connectivity index (χ3v) is 6.98. The second kappa shape index (κ2) is 12.4. The second-order valence-electron chi connectivity index (χ2n) is 7.43. The summed E-state index contributed by atoms with van der Waals surface area (Å²) in [6, 6.07) is 7.72. The Kier molecular flexibility index (Phi) is 10.2. The fraction of sp³-hybridized carbons (Fsp3) is 0.524. The number of nitrogens with one attached hydrogen (secondary N) is 1. The van der Waals surface area contributed by atoms with Crippen molar-refractivity contribution in [1.29, 1.82) is 0 Å². The van der Waals surface area contributed by atoms with Gasteiger partial charge in [-0.1, -0.05) is 22.9 Å². The monoisotopic (exact) mass is 577 g/mol. The van der Waals surface area contributed by atoms with Crippen molar-refractivity contribution in [3.05, 3.63) is 47.3 Å². The van der Waals surface area contributed by atoms with Gasteiger partial charge in [0.25, 0.3) is 0 Å². The van der Waals surface area contributed by atoms with Gasteiger partial charge in [-0.3, -0.25) is 4.99 Å². The Labute approximate surface area is 207 Å². The van der Waals surface area contributed by atoms with Crippen molar-refractivity contribution in [2.75, 3.05) is 46.4 Å². The molecular formula is C21H32IN5O4S. The first-order chi connectivity index (χ1) is 14.9. The number of hydrogen-bond donors (Lipinski definition) is 1. The molecule has 178 valence electrons. The standard InChI is InChI=1S/C21H31N5O4S.HI/c1-4-22-21(23-9-7-18-15-17(2)5-6-20(18)29-3)25-10-12-26(13-11-25)31(27,28)16-19-8-14-30-24-19;/h5-6,8,14-15H,4,7,9-13,16H2,1-3H3,(H,22,23);1H. The van der Waals surface area contributed by atoms with Crippen LogP contribution in [0.2, 0.25) is 0 Å². The maximum Gasteiger partial charge on any atom is 0.220 e. The lowest BCUT2D eigenvalue weighted by molar-refractivity contribution is 0.260. The van der Waals surface area contributed by atoms with Crippen LogP contribution in [0.5, 0.6) is 5.75 Å². The molecule has 2 heterocycles. The molecule has 1 aromatic carbocycles. The average Bonchev–Trinajstić information content (AvgIpc) is 3.26. The predicted octanol–water partition coefficient (Wildman–Crippen LogP) is 2.27. The molecule has 0 unspecified atom stereocenters. The summed E-state index contributed by atoms with van der Waals surface area (Å²) in [7, 11) is -1.74. The summed E-state index contributed by atoms with van der Waals surface area (Å²) in [5, 5.41) is 7.03. The number of aliphatic imine (C=N–C) groups is 1. The zero-order valence-corrected chi connectivity index (χ0v) is 21.9. The van der Waals surface area contributed by atoms with Crippen LogP contribution in [0.1, 0.15) is 23.7 Å². The Bertz CT molecular complexity index is 974. The molecule has 1 fully saturated rings. The van der Waals surface area contributed by atoms with E-state index < -0.39 is 10.0 Å². The number of piperazine rings is 1. The van der Waals surface area contributed by atoms with Crippen LogP contribution in [0, 0.1) is 6.92 Å². The zero-order valence-electron chi connectivity index (χ0n) is 18.8. The van der Waals surface area contributed by atoms with Gasteiger partial charge in [0.1, 0.15) is 17.8 Å². The number of nitrogens with zero attached hydrogens (tertiary/aromatic N) is 4. The molecule has 1 aliphatic heterocycles. The maximum atomic E-state index is 12.6. The third-order valence-electron chi connectivity index (χ3n) is 5.17. The first kappa shape index (κ1) is 26.4. The van der Waals surface area contributed by atoms with Crippen LogP contribution in [-0.2, 0) is 22.2 Å². The van der Waals surface area contributed by atoms with Crippen molar-refractivity contribution in [2.24, 2.45) is 4.99 Å². The van der Waals surface area contributed by atoms with Gasteiger partial charge in [-0.05, 0) is 31.9 Å². The highest BCUT2D eigenvalue weighted by atomic mass is 127. The largest absolute Gasteiger partial charge is 0.496 e. The van der Waals surface area contributed by atoms with E-state index in [9.17, 15) is 8.42 Å². The SMILES string of the molecule is CCNC(=NCCc1cc(C)ccc1OC)N1CCN(S(=O)(=O)Cc2ccon2)CC1.I. The highest BCUT2D eigenvalue weighted by molar-refractivity contribution is 14.0. The number of aromatic nitrogens is 1. The van der Waals surface area contributed by atoms with E-state index in [0.29, 0.717) is 38.4 Å². The van der Waals surface area contributed by atoms with Gasteiger partial charge in [-0.25, -0.2) is 8.42 Å². The topological polar surface area (TPSA) is 100 Å². The molecule has 32 heavy (non-hydrogen) atoms. The lowest BCUT2D eigenvalue weighted by Crippen LogP contribution is -2.54. The number of benzene rings is 1. The molecule has 0 spiro atoms. The van der Waals surface area contributed by atoms with Crippen molar-refractivity contribution in [1.82, 2.24) is 19.7 Å². The quantitative estimate of drug-likeness (QED) is 0.292. The Morgan fingerprint density at radius 3 is 2.62 bits per heavy atom. The number of halogens is 1. The molecule has 11 heteroatoms. The molecule has 1 aromatic heterocycles. The van der Waals surface area contributed by atoms with Gasteiger partial charge < -0.3 is 19.5 Å². The summed E-state index contributed by atoms with van der Waals surface area (Å²) >= 11 is 0. The van der Waals surface area contributed by atoms with Crippen LogP contribution in [0.15, 0.2) is 40.0 Å². The Morgan fingerprint density at radius 1 is 1.25 bits per heavy atom. The molecule has 3 rings (SSSR count). The van der Waals surface area contributed by atoms with Crippen molar-refractivity contribution >= 4 is 40.0 Å². The summed E-state index contributed by atoms with van der Waals surface area (Å²) in [6.45, 7) is 7.44. The Balaban J connectivity index is 0.00000363. The van der Waals surface area contributed by atoms with E-state index in [2.05, 4.69) is 28.4 Å². The number of ether oxygens (including phenoxy) is 1. The summed E-state index contributed by atoms with van der Waals surface area (Å²) in [5.74, 6) is 1.54. The second-order valence-corrected chi connectivity index (χ2v) is 9.40. The number of methoxy groups -OCH3 is 1. The third kappa shape index (κ3) is 7.07. The van der Waals surface area contributed by atoms with Crippen molar-refractivity contribution < 1.29 is 17.7 Å². The van der Waals surface area contributed by atoms with Crippen molar-refractivity contribution in [3.63, 3.8) is 0 Å². The molecule has 1 N–H and O–H groups in total. The normalized spacial score (nSPS) is 15.3. The smallest absolute Gasteiger partial charge is 0.220 e. The van der Waals surface area contributed by atoms with Crippen molar-refractivity contribution in [2.45, 2.75) is 26.0 Å². The summed E-state index contributed by atoms with van der Waals surface area (Å²) in [6.07, 6.45) is 2.15. The summed E-state index contributed by atoms with van der Waals surface area (Å²) < 4.78 is 37.0. The molecule has 0 atom stereocenters. The molecule has 9 nitrogen and oxygen atoms in total. The number of rotatable bonds is 8. The van der Waals surface area contributed by atoms with E-state index in [-0.39, 0.29) is 29.7 Å². The van der Waals surface area contributed by atoms with Crippen LogP contribution < -0.4 is 10.1 Å². The van der Waals surface area contributed by atoms with Gasteiger partial charge in [0.15, 0.2) is 5.96 Å². The van der Waals surface area contributed by atoms with Crippen LogP contribution >= 0.6 is 24.0 Å². The van der Waals surface area contributed by atoms with E-state index >= 15 is 0 Å². The van der Waals surface area contributed by atoms with Gasteiger partial charge in [-0.15, -0.1) is 24.0 Å². The van der Waals surface area contributed by atoms with E-state index in [0.717, 1.165) is 30.2 Å². The summed E-state index contributed by atoms with van der Waals surface area (Å²) in [5.41, 5.74) is 2.74. The molecule has 0 bridgehead atoms. The zero-order chi connectivity index (χ0) is 22.3. The van der Waals surface area contributed by atoms with Gasteiger partial charge in [0.2, 0.25) is 10.0 Å². The van der Waals surface area contributed by atoms with Crippen LogP contribution in [-0.4, -0.2) is 75.1 Å². The molecule has 1 saturated heterocycles. The van der Waals surface area contributed by atoms with Gasteiger partial charge in [0.05, 0.1) is 12.8 Å². The molecule has 0 aliphatic carbocycles. The average molecular weight is 577 g/mol. The maximum absolute atomic E-state index is 12.6. The first-order valence-corrected chi connectivity index (χ1v) is 12.1. The van der Waals surface area contributed by atoms with E-state index in [1.54, 1.807) is 13.2 Å². The van der Waals surface area contributed by atoms with Gasteiger partial charge in [0, 0.05) is 45.3 Å². The van der Waals surface area contributed by atoms with E-state index in [1.807, 2.05) is 19.1 Å². The minimum absolute atomic E-state index is 0. The Morgan fingerprint density at radius 2 is 2.00 bits per heavy atom. The van der Waals surface area contributed by atoms with E-state index in [1.165, 1.54) is 16.1 Å². The van der Waals surface area contributed by atoms with Gasteiger partial charge >= 0.3 is 0 Å². The number of aryl methyl sites for hydroxylation is 1. The minimum Gasteiger partial charge on any atom is -0.496 e. The number of sulfonamides is 1. The van der Waals surface area contributed by atoms with Crippen LogP contribution in [0.3, 0.4) is 0 Å². The van der Waals surface area contributed by atoms with Crippen molar-refractivity contribution in [3.8, 4) is 5.75 Å². The van der Waals surface area contributed by atoms with E-state index in [4.69, 9.17) is 14.3 Å². The molecule has 0 saturated carbocycles. The molecule has 1 aliphatic rings. The highest BCUT2D eigenvalue weighted by Crippen LogP contribution is 2.20. The molecule has 0 radical (unpaired) electrons. The Hall–Kier alpha value is -1.86. The summed E-state index contributed by atoms with van der Waals surface area (Å²) in [4.78, 5) is 6.88. The van der Waals surface area contributed by atoms with Gasteiger partial charge in [-0.2, -0.15) is 4.31 Å². The van der Waals surface area contributed by atoms with Crippen LogP contribution in [0.4, 0.5) is 0 Å². The lowest BCUT2D eigenvalue weighted by atomic mass is 10.1. The molecule has 2 aromatic rings. The fourth-order valence-corrected chi connectivity index (χ4v) is 5.00. The number of guanidine groups is 1. The fourth-order valence-electron chi connectivity index (χ4n) is 3.58. The first-order valence-electron chi connectivity index (χ1n) is 10.5. The molecule has 0 amide bonds.